The SMILES string of the molecule is C[C@]12CCC[C@](C)(N1)[C@H](F)[C@H](Oc1ccc(-c3ccc(-c4cn[nH]c4)cc3O)nn1)C2. The monoisotopic (exact) mass is 423 g/mol. The molecule has 2 aliphatic rings. The van der Waals surface area contributed by atoms with Crippen molar-refractivity contribution in [3.63, 3.8) is 0 Å². The molecule has 162 valence electrons. The number of piperidine rings is 2. The number of aromatic hydroxyl groups is 1. The predicted molar refractivity (Wildman–Crippen MR) is 114 cm³/mol. The van der Waals surface area contributed by atoms with Crippen molar-refractivity contribution in [2.75, 3.05) is 0 Å². The summed E-state index contributed by atoms with van der Waals surface area (Å²) in [6.07, 6.45) is 5.16. The quantitative estimate of drug-likeness (QED) is 0.587. The van der Waals surface area contributed by atoms with Crippen LogP contribution < -0.4 is 10.1 Å². The molecule has 5 rings (SSSR count). The summed E-state index contributed by atoms with van der Waals surface area (Å²) < 4.78 is 21.2. The smallest absolute Gasteiger partial charge is 0.233 e. The Morgan fingerprint density at radius 3 is 2.71 bits per heavy atom. The number of nitrogens with zero attached hydrogens (tertiary/aromatic N) is 3. The number of H-pyrrole nitrogens is 1. The molecule has 2 saturated heterocycles. The van der Waals surface area contributed by atoms with Crippen LogP contribution in [0.1, 0.15) is 39.5 Å². The fourth-order valence-corrected chi connectivity index (χ4v) is 5.10. The molecule has 0 amide bonds. The molecule has 3 aromatic rings. The molecule has 31 heavy (non-hydrogen) atoms. The number of halogens is 1. The van der Waals surface area contributed by atoms with Crippen LogP contribution in [-0.2, 0) is 0 Å². The van der Waals surface area contributed by atoms with Crippen molar-refractivity contribution in [1.29, 1.82) is 0 Å². The van der Waals surface area contributed by atoms with E-state index < -0.39 is 17.8 Å². The molecule has 0 spiro atoms. The first-order valence-electron chi connectivity index (χ1n) is 10.6. The van der Waals surface area contributed by atoms with E-state index in [0.717, 1.165) is 30.4 Å². The second-order valence-electron chi connectivity index (χ2n) is 9.19. The van der Waals surface area contributed by atoms with E-state index in [4.69, 9.17) is 4.74 Å². The summed E-state index contributed by atoms with van der Waals surface area (Å²) in [6, 6.07) is 8.74. The maximum absolute atomic E-state index is 15.2. The van der Waals surface area contributed by atoms with Crippen LogP contribution in [0.25, 0.3) is 22.4 Å². The molecule has 4 atom stereocenters. The Balaban J connectivity index is 1.34. The van der Waals surface area contributed by atoms with Gasteiger partial charge < -0.3 is 15.2 Å². The minimum absolute atomic E-state index is 0.0949. The van der Waals surface area contributed by atoms with Gasteiger partial charge in [-0.2, -0.15) is 5.10 Å². The molecule has 1 aromatic carbocycles. The molecule has 0 unspecified atom stereocenters. The molecule has 3 N–H and O–H groups in total. The number of rotatable bonds is 4. The van der Waals surface area contributed by atoms with Gasteiger partial charge in [0.1, 0.15) is 11.9 Å². The lowest BCUT2D eigenvalue weighted by Crippen LogP contribution is -2.71. The van der Waals surface area contributed by atoms with E-state index in [9.17, 15) is 5.11 Å². The van der Waals surface area contributed by atoms with Gasteiger partial charge in [-0.25, -0.2) is 4.39 Å². The lowest BCUT2D eigenvalue weighted by atomic mass is 9.69. The summed E-state index contributed by atoms with van der Waals surface area (Å²) in [4.78, 5) is 0. The van der Waals surface area contributed by atoms with E-state index in [0.29, 0.717) is 17.7 Å². The fourth-order valence-electron chi connectivity index (χ4n) is 5.10. The van der Waals surface area contributed by atoms with Crippen LogP contribution in [-0.4, -0.2) is 48.9 Å². The normalized spacial score (nSPS) is 30.2. The number of hydrogen-bond donors (Lipinski definition) is 3. The molecule has 0 saturated carbocycles. The second-order valence-corrected chi connectivity index (χ2v) is 9.19. The molecule has 2 aromatic heterocycles. The summed E-state index contributed by atoms with van der Waals surface area (Å²) in [7, 11) is 0. The summed E-state index contributed by atoms with van der Waals surface area (Å²) in [5, 5.41) is 29.0. The Morgan fingerprint density at radius 1 is 1.13 bits per heavy atom. The molecular weight excluding hydrogens is 397 g/mol. The Labute approximate surface area is 180 Å². The van der Waals surface area contributed by atoms with Crippen LogP contribution in [0.3, 0.4) is 0 Å². The number of fused-ring (bicyclic) bond motifs is 2. The van der Waals surface area contributed by atoms with Crippen molar-refractivity contribution in [1.82, 2.24) is 25.7 Å². The predicted octanol–water partition coefficient (Wildman–Crippen LogP) is 4.02. The van der Waals surface area contributed by atoms with Gasteiger partial charge >= 0.3 is 0 Å². The molecule has 2 bridgehead atoms. The number of aromatic amines is 1. The fraction of sp³-hybridized carbons (Fsp3) is 0.435. The van der Waals surface area contributed by atoms with Crippen LogP contribution in [0.5, 0.6) is 11.6 Å². The summed E-state index contributed by atoms with van der Waals surface area (Å²) >= 11 is 0. The van der Waals surface area contributed by atoms with Crippen molar-refractivity contribution >= 4 is 0 Å². The Morgan fingerprint density at radius 2 is 2.00 bits per heavy atom. The van der Waals surface area contributed by atoms with Crippen molar-refractivity contribution < 1.29 is 14.2 Å². The minimum atomic E-state index is -1.12. The third kappa shape index (κ3) is 3.65. The van der Waals surface area contributed by atoms with Gasteiger partial charge in [0.05, 0.1) is 17.4 Å². The number of aromatic nitrogens is 4. The van der Waals surface area contributed by atoms with Gasteiger partial charge in [-0.3, -0.25) is 5.10 Å². The van der Waals surface area contributed by atoms with Crippen LogP contribution in [0.15, 0.2) is 42.7 Å². The summed E-state index contributed by atoms with van der Waals surface area (Å²) in [5.41, 5.74) is 2.09. The van der Waals surface area contributed by atoms with Crippen LogP contribution in [0.2, 0.25) is 0 Å². The van der Waals surface area contributed by atoms with E-state index in [1.165, 1.54) is 0 Å². The van der Waals surface area contributed by atoms with Crippen molar-refractivity contribution in [3.05, 3.63) is 42.7 Å². The topological polar surface area (TPSA) is 96.0 Å². The van der Waals surface area contributed by atoms with E-state index >= 15 is 4.39 Å². The Hall–Kier alpha value is -3.00. The minimum Gasteiger partial charge on any atom is -0.507 e. The number of phenolic OH excluding ortho intramolecular Hbond substituents is 1. The van der Waals surface area contributed by atoms with Crippen molar-refractivity contribution in [3.8, 4) is 34.0 Å². The van der Waals surface area contributed by atoms with Gasteiger partial charge in [0.25, 0.3) is 0 Å². The summed E-state index contributed by atoms with van der Waals surface area (Å²) in [5.74, 6) is 0.385. The van der Waals surface area contributed by atoms with Crippen LogP contribution >= 0.6 is 0 Å². The van der Waals surface area contributed by atoms with Crippen LogP contribution in [0, 0.1) is 0 Å². The van der Waals surface area contributed by atoms with Crippen molar-refractivity contribution in [2.24, 2.45) is 0 Å². The van der Waals surface area contributed by atoms with Gasteiger partial charge in [0.15, 0.2) is 6.17 Å². The molecule has 4 heterocycles. The average molecular weight is 423 g/mol. The number of phenols is 1. The first-order valence-corrected chi connectivity index (χ1v) is 10.6. The highest BCUT2D eigenvalue weighted by molar-refractivity contribution is 5.73. The highest BCUT2D eigenvalue weighted by Gasteiger charge is 2.53. The zero-order valence-electron chi connectivity index (χ0n) is 17.6. The molecule has 0 aliphatic carbocycles. The lowest BCUT2D eigenvalue weighted by molar-refractivity contribution is -0.0626. The van der Waals surface area contributed by atoms with E-state index in [1.54, 1.807) is 36.7 Å². The molecular formula is C23H26FN5O2. The van der Waals surface area contributed by atoms with E-state index in [1.807, 2.05) is 13.0 Å². The number of nitrogens with one attached hydrogen (secondary N) is 2. The Bertz CT molecular complexity index is 1070. The lowest BCUT2D eigenvalue weighted by Gasteiger charge is -2.54. The first kappa shape index (κ1) is 19.9. The Kier molecular flexibility index (Phi) is 4.69. The van der Waals surface area contributed by atoms with Gasteiger partial charge in [0, 0.05) is 35.3 Å². The van der Waals surface area contributed by atoms with E-state index in [-0.39, 0.29) is 17.2 Å². The number of benzene rings is 1. The van der Waals surface area contributed by atoms with Gasteiger partial charge in [-0.05, 0) is 56.9 Å². The van der Waals surface area contributed by atoms with Gasteiger partial charge in [-0.1, -0.05) is 6.07 Å². The highest BCUT2D eigenvalue weighted by Crippen LogP contribution is 2.42. The summed E-state index contributed by atoms with van der Waals surface area (Å²) in [6.45, 7) is 4.08. The largest absolute Gasteiger partial charge is 0.507 e. The third-order valence-corrected chi connectivity index (χ3v) is 6.62. The maximum atomic E-state index is 15.2. The zero-order chi connectivity index (χ0) is 21.6. The van der Waals surface area contributed by atoms with Gasteiger partial charge in [-0.15, -0.1) is 10.2 Å². The molecule has 7 nitrogen and oxygen atoms in total. The zero-order valence-corrected chi connectivity index (χ0v) is 17.6. The average Bonchev–Trinajstić information content (AvgIpc) is 3.27. The molecule has 0 radical (unpaired) electrons. The molecule has 2 aliphatic heterocycles. The molecule has 8 heteroatoms. The number of ether oxygens (including phenoxy) is 1. The van der Waals surface area contributed by atoms with Crippen molar-refractivity contribution in [2.45, 2.75) is 62.9 Å². The molecule has 2 fully saturated rings. The van der Waals surface area contributed by atoms with Gasteiger partial charge in [0.2, 0.25) is 5.88 Å². The number of hydrogen-bond acceptors (Lipinski definition) is 6. The first-order chi connectivity index (χ1) is 14.9. The van der Waals surface area contributed by atoms with E-state index in [2.05, 4.69) is 32.6 Å². The third-order valence-electron chi connectivity index (χ3n) is 6.62. The standard InChI is InChI=1S/C23H26FN5O2/c1-22-8-3-9-23(2,29-22)21(24)19(11-22)31-20-7-6-17(27-28-20)16-5-4-14(10-18(16)30)15-12-25-26-13-15/h4-7,10,12-13,19,21,29-30H,3,8-9,11H2,1-2H3,(H,25,26)/t19-,21-,22-,23+/m1/s1. The highest BCUT2D eigenvalue weighted by atomic mass is 19.1. The number of alkyl halides is 1. The van der Waals surface area contributed by atoms with Crippen LogP contribution in [0.4, 0.5) is 4.39 Å². The second kappa shape index (κ2) is 7.30. The maximum Gasteiger partial charge on any atom is 0.233 e.